The molecule has 1 fully saturated rings. The van der Waals surface area contributed by atoms with Gasteiger partial charge in [-0.15, -0.1) is 0 Å². The molecule has 0 radical (unpaired) electrons. The molecule has 1 aliphatic heterocycles. The number of amides is 1. The van der Waals surface area contributed by atoms with Crippen molar-refractivity contribution in [2.24, 2.45) is 0 Å². The number of nitro groups is 1. The molecule has 3 aromatic rings. The molecule has 1 aliphatic rings. The molecule has 1 amide bonds. The number of hydrazine groups is 1. The van der Waals surface area contributed by atoms with E-state index in [1.165, 1.54) is 18.6 Å². The lowest BCUT2D eigenvalue weighted by molar-refractivity contribution is -0.384. The number of halogens is 1. The quantitative estimate of drug-likeness (QED) is 0.439. The lowest BCUT2D eigenvalue weighted by Crippen LogP contribution is -2.45. The van der Waals surface area contributed by atoms with Crippen LogP contribution in [-0.4, -0.2) is 38.5 Å². The summed E-state index contributed by atoms with van der Waals surface area (Å²) in [5, 5.41) is 13.6. The number of piperidine rings is 1. The standard InChI is InChI=1S/C23H24ClN5O3/c1-16-21(15-22(30)26-27-13-5-2-6-14-27)25-23(19-7-3-4-8-20(19)24)28(16)17-9-11-18(12-10-17)29(31)32/h3-4,7-12H,2,5-6,13-15H2,1H3,(H,26,30). The van der Waals surface area contributed by atoms with Gasteiger partial charge in [0.1, 0.15) is 5.82 Å². The molecule has 2 heterocycles. The summed E-state index contributed by atoms with van der Waals surface area (Å²) in [5.41, 5.74) is 5.82. The average molecular weight is 454 g/mol. The van der Waals surface area contributed by atoms with Crippen LogP contribution in [0.25, 0.3) is 17.1 Å². The van der Waals surface area contributed by atoms with Gasteiger partial charge in [-0.25, -0.2) is 9.99 Å². The summed E-state index contributed by atoms with van der Waals surface area (Å²) in [7, 11) is 0. The molecule has 2 aromatic carbocycles. The van der Waals surface area contributed by atoms with E-state index >= 15 is 0 Å². The molecule has 0 bridgehead atoms. The Morgan fingerprint density at radius 3 is 2.47 bits per heavy atom. The molecule has 4 rings (SSSR count). The number of nitrogens with zero attached hydrogens (tertiary/aromatic N) is 4. The van der Waals surface area contributed by atoms with Crippen LogP contribution in [0.2, 0.25) is 5.02 Å². The van der Waals surface area contributed by atoms with E-state index in [2.05, 4.69) is 5.43 Å². The van der Waals surface area contributed by atoms with Crippen molar-refractivity contribution >= 4 is 23.2 Å². The van der Waals surface area contributed by atoms with E-state index in [1.54, 1.807) is 18.2 Å². The van der Waals surface area contributed by atoms with Crippen molar-refractivity contribution in [1.82, 2.24) is 20.0 Å². The molecule has 1 aromatic heterocycles. The van der Waals surface area contributed by atoms with Gasteiger partial charge in [0.2, 0.25) is 5.91 Å². The van der Waals surface area contributed by atoms with Gasteiger partial charge in [0.25, 0.3) is 5.69 Å². The minimum atomic E-state index is -0.435. The predicted octanol–water partition coefficient (Wildman–Crippen LogP) is 4.47. The average Bonchev–Trinajstić information content (AvgIpc) is 3.10. The van der Waals surface area contributed by atoms with E-state index in [9.17, 15) is 14.9 Å². The molecule has 9 heteroatoms. The van der Waals surface area contributed by atoms with Gasteiger partial charge in [0.05, 0.1) is 22.1 Å². The Morgan fingerprint density at radius 1 is 1.12 bits per heavy atom. The molecule has 166 valence electrons. The summed E-state index contributed by atoms with van der Waals surface area (Å²) < 4.78 is 1.88. The Bertz CT molecular complexity index is 1140. The molecular weight excluding hydrogens is 430 g/mol. The number of non-ortho nitro benzene ring substituents is 1. The summed E-state index contributed by atoms with van der Waals surface area (Å²) in [6, 6.07) is 13.6. The zero-order valence-electron chi connectivity index (χ0n) is 17.8. The van der Waals surface area contributed by atoms with Gasteiger partial charge in [0, 0.05) is 42.2 Å². The Labute approximate surface area is 190 Å². The van der Waals surface area contributed by atoms with Gasteiger partial charge in [-0.2, -0.15) is 0 Å². The maximum absolute atomic E-state index is 12.7. The van der Waals surface area contributed by atoms with Crippen LogP contribution in [0.15, 0.2) is 48.5 Å². The van der Waals surface area contributed by atoms with Crippen LogP contribution in [-0.2, 0) is 11.2 Å². The summed E-state index contributed by atoms with van der Waals surface area (Å²) in [4.78, 5) is 28.1. The minimum Gasteiger partial charge on any atom is -0.297 e. The zero-order valence-corrected chi connectivity index (χ0v) is 18.5. The van der Waals surface area contributed by atoms with Crippen molar-refractivity contribution in [3.8, 4) is 17.1 Å². The van der Waals surface area contributed by atoms with Crippen LogP contribution in [0.3, 0.4) is 0 Å². The summed E-state index contributed by atoms with van der Waals surface area (Å²) in [6.45, 7) is 3.60. The predicted molar refractivity (Wildman–Crippen MR) is 123 cm³/mol. The van der Waals surface area contributed by atoms with E-state index in [0.29, 0.717) is 22.2 Å². The van der Waals surface area contributed by atoms with Crippen molar-refractivity contribution in [3.05, 3.63) is 75.1 Å². The van der Waals surface area contributed by atoms with Gasteiger partial charge in [-0.05, 0) is 44.0 Å². The lowest BCUT2D eigenvalue weighted by atomic mass is 10.2. The molecule has 0 atom stereocenters. The summed E-state index contributed by atoms with van der Waals surface area (Å²) in [6.07, 6.45) is 3.46. The number of carbonyl (C=O) groups is 1. The van der Waals surface area contributed by atoms with Gasteiger partial charge >= 0.3 is 0 Å². The maximum Gasteiger partial charge on any atom is 0.269 e. The number of benzene rings is 2. The molecule has 32 heavy (non-hydrogen) atoms. The number of nitro benzene ring substituents is 1. The number of rotatable bonds is 6. The van der Waals surface area contributed by atoms with Crippen LogP contribution >= 0.6 is 11.6 Å². The van der Waals surface area contributed by atoms with Gasteiger partial charge in [-0.1, -0.05) is 30.2 Å². The monoisotopic (exact) mass is 453 g/mol. The fraction of sp³-hybridized carbons (Fsp3) is 0.304. The van der Waals surface area contributed by atoms with E-state index in [4.69, 9.17) is 16.6 Å². The van der Waals surface area contributed by atoms with E-state index in [-0.39, 0.29) is 18.0 Å². The second-order valence-corrected chi connectivity index (χ2v) is 8.22. The van der Waals surface area contributed by atoms with Crippen LogP contribution in [0.5, 0.6) is 0 Å². The minimum absolute atomic E-state index is 0.00643. The van der Waals surface area contributed by atoms with Crippen LogP contribution in [0.1, 0.15) is 30.7 Å². The van der Waals surface area contributed by atoms with Crippen molar-refractivity contribution in [1.29, 1.82) is 0 Å². The molecule has 8 nitrogen and oxygen atoms in total. The highest BCUT2D eigenvalue weighted by atomic mass is 35.5. The maximum atomic E-state index is 12.7. The van der Waals surface area contributed by atoms with Crippen molar-refractivity contribution in [2.75, 3.05) is 13.1 Å². The summed E-state index contributed by atoms with van der Waals surface area (Å²) >= 11 is 6.45. The molecule has 0 spiro atoms. The highest BCUT2D eigenvalue weighted by molar-refractivity contribution is 6.33. The first-order valence-corrected chi connectivity index (χ1v) is 10.9. The number of hydrogen-bond donors (Lipinski definition) is 1. The largest absolute Gasteiger partial charge is 0.297 e. The van der Waals surface area contributed by atoms with Gasteiger partial charge in [-0.3, -0.25) is 24.9 Å². The highest BCUT2D eigenvalue weighted by Gasteiger charge is 2.22. The Kier molecular flexibility index (Phi) is 6.53. The smallest absolute Gasteiger partial charge is 0.269 e. The fourth-order valence-corrected chi connectivity index (χ4v) is 4.17. The number of imidazole rings is 1. The van der Waals surface area contributed by atoms with E-state index in [1.807, 2.05) is 34.7 Å². The SMILES string of the molecule is Cc1c(CC(=O)NN2CCCCC2)nc(-c2ccccc2Cl)n1-c1ccc([N+](=O)[O-])cc1. The van der Waals surface area contributed by atoms with Crippen LogP contribution in [0, 0.1) is 17.0 Å². The highest BCUT2D eigenvalue weighted by Crippen LogP contribution is 2.32. The molecule has 1 saturated heterocycles. The van der Waals surface area contributed by atoms with E-state index < -0.39 is 4.92 Å². The third-order valence-electron chi connectivity index (χ3n) is 5.61. The molecule has 0 aliphatic carbocycles. The zero-order chi connectivity index (χ0) is 22.7. The van der Waals surface area contributed by atoms with Crippen molar-refractivity contribution in [3.63, 3.8) is 0 Å². The number of hydrogen-bond acceptors (Lipinski definition) is 5. The molecule has 1 N–H and O–H groups in total. The lowest BCUT2D eigenvalue weighted by Gasteiger charge is -2.26. The normalized spacial score (nSPS) is 14.3. The number of nitrogens with one attached hydrogen (secondary N) is 1. The molecule has 0 unspecified atom stereocenters. The number of carbonyl (C=O) groups excluding carboxylic acids is 1. The molecule has 0 saturated carbocycles. The fourth-order valence-electron chi connectivity index (χ4n) is 3.95. The summed E-state index contributed by atoms with van der Waals surface area (Å²) in [5.74, 6) is 0.469. The van der Waals surface area contributed by atoms with Crippen LogP contribution in [0.4, 0.5) is 5.69 Å². The van der Waals surface area contributed by atoms with Crippen LogP contribution < -0.4 is 5.43 Å². The Hall–Kier alpha value is -3.23. The second kappa shape index (κ2) is 9.50. The Morgan fingerprint density at radius 2 is 1.81 bits per heavy atom. The van der Waals surface area contributed by atoms with E-state index in [0.717, 1.165) is 37.2 Å². The van der Waals surface area contributed by atoms with Crippen molar-refractivity contribution in [2.45, 2.75) is 32.6 Å². The second-order valence-electron chi connectivity index (χ2n) is 7.82. The Balaban J connectivity index is 1.70. The topological polar surface area (TPSA) is 93.3 Å². The number of aromatic nitrogens is 2. The van der Waals surface area contributed by atoms with Gasteiger partial charge < -0.3 is 0 Å². The first-order chi connectivity index (χ1) is 15.4. The van der Waals surface area contributed by atoms with Crippen molar-refractivity contribution < 1.29 is 9.72 Å². The third kappa shape index (κ3) is 4.66. The first-order valence-electron chi connectivity index (χ1n) is 10.6. The molecular formula is C23H24ClN5O3. The first kappa shape index (κ1) is 22.0. The third-order valence-corrected chi connectivity index (χ3v) is 5.94. The van der Waals surface area contributed by atoms with Gasteiger partial charge in [0.15, 0.2) is 0 Å².